The SMILES string of the molecule is CN1CC=C1C(F)(F)F. The Labute approximate surface area is 50.8 Å². The lowest BCUT2D eigenvalue weighted by Gasteiger charge is -2.30. The highest BCUT2D eigenvalue weighted by Crippen LogP contribution is 2.31. The predicted octanol–water partition coefficient (Wildman–Crippen LogP) is 1.38. The van der Waals surface area contributed by atoms with Crippen LogP contribution >= 0.6 is 0 Å². The van der Waals surface area contributed by atoms with E-state index in [1.54, 1.807) is 0 Å². The van der Waals surface area contributed by atoms with Crippen LogP contribution in [0.2, 0.25) is 0 Å². The lowest BCUT2D eigenvalue weighted by Crippen LogP contribution is -2.36. The van der Waals surface area contributed by atoms with Crippen molar-refractivity contribution in [3.05, 3.63) is 11.8 Å². The van der Waals surface area contributed by atoms with Crippen LogP contribution in [-0.2, 0) is 0 Å². The first-order valence-electron chi connectivity index (χ1n) is 2.50. The monoisotopic (exact) mass is 137 g/mol. The molecule has 1 rings (SSSR count). The first-order chi connectivity index (χ1) is 4.02. The molecule has 0 atom stereocenters. The third kappa shape index (κ3) is 1.01. The van der Waals surface area contributed by atoms with Crippen LogP contribution < -0.4 is 0 Å². The van der Waals surface area contributed by atoms with E-state index in [1.165, 1.54) is 18.0 Å². The third-order valence-corrected chi connectivity index (χ3v) is 1.26. The number of hydrogen-bond acceptors (Lipinski definition) is 1. The summed E-state index contributed by atoms with van der Waals surface area (Å²) < 4.78 is 34.9. The fourth-order valence-electron chi connectivity index (χ4n) is 0.697. The van der Waals surface area contributed by atoms with Gasteiger partial charge in [-0.1, -0.05) is 0 Å². The van der Waals surface area contributed by atoms with Gasteiger partial charge in [0.2, 0.25) is 0 Å². The van der Waals surface area contributed by atoms with E-state index in [2.05, 4.69) is 0 Å². The summed E-state index contributed by atoms with van der Waals surface area (Å²) in [5.41, 5.74) is -0.525. The van der Waals surface area contributed by atoms with Gasteiger partial charge in [-0.2, -0.15) is 13.2 Å². The molecule has 1 nitrogen and oxygen atoms in total. The third-order valence-electron chi connectivity index (χ3n) is 1.26. The van der Waals surface area contributed by atoms with Gasteiger partial charge in [-0.15, -0.1) is 0 Å². The van der Waals surface area contributed by atoms with Gasteiger partial charge >= 0.3 is 6.18 Å². The molecular formula is C5H6F3N. The Bertz CT molecular complexity index is 147. The second kappa shape index (κ2) is 1.65. The topological polar surface area (TPSA) is 3.24 Å². The minimum Gasteiger partial charge on any atom is -0.367 e. The summed E-state index contributed by atoms with van der Waals surface area (Å²) in [7, 11) is 1.42. The molecule has 0 saturated heterocycles. The van der Waals surface area contributed by atoms with Crippen molar-refractivity contribution >= 4 is 0 Å². The Morgan fingerprint density at radius 3 is 2.11 bits per heavy atom. The highest BCUT2D eigenvalue weighted by molar-refractivity contribution is 5.16. The molecule has 0 bridgehead atoms. The van der Waals surface area contributed by atoms with E-state index in [1.807, 2.05) is 0 Å². The number of rotatable bonds is 0. The second-order valence-electron chi connectivity index (χ2n) is 1.97. The van der Waals surface area contributed by atoms with Crippen molar-refractivity contribution in [2.45, 2.75) is 6.18 Å². The molecule has 1 heterocycles. The molecule has 0 N–H and O–H groups in total. The Morgan fingerprint density at radius 1 is 1.56 bits per heavy atom. The molecule has 1 aliphatic heterocycles. The van der Waals surface area contributed by atoms with Gasteiger partial charge in [0, 0.05) is 13.6 Å². The number of likely N-dealkylation sites (N-methyl/N-ethyl adjacent to an activating group) is 1. The first kappa shape index (κ1) is 6.45. The molecule has 0 radical (unpaired) electrons. The number of allylic oxidation sites excluding steroid dienone is 1. The van der Waals surface area contributed by atoms with Gasteiger partial charge in [-0.25, -0.2) is 0 Å². The summed E-state index contributed by atoms with van der Waals surface area (Å²) in [6.07, 6.45) is -2.98. The zero-order chi connectivity index (χ0) is 7.07. The van der Waals surface area contributed by atoms with Crippen LogP contribution in [0, 0.1) is 0 Å². The molecule has 9 heavy (non-hydrogen) atoms. The van der Waals surface area contributed by atoms with E-state index >= 15 is 0 Å². The molecule has 0 aromatic carbocycles. The normalized spacial score (nSPS) is 19.1. The summed E-state index contributed by atoms with van der Waals surface area (Å²) in [5.74, 6) is 0. The van der Waals surface area contributed by atoms with Crippen LogP contribution in [0.1, 0.15) is 0 Å². The fourth-order valence-corrected chi connectivity index (χ4v) is 0.697. The molecule has 4 heteroatoms. The van der Waals surface area contributed by atoms with Crippen molar-refractivity contribution in [1.82, 2.24) is 4.90 Å². The highest BCUT2D eigenvalue weighted by Gasteiger charge is 2.39. The molecule has 0 aromatic rings. The largest absolute Gasteiger partial charge is 0.430 e. The van der Waals surface area contributed by atoms with Crippen LogP contribution in [0.15, 0.2) is 11.8 Å². The predicted molar refractivity (Wildman–Crippen MR) is 26.8 cm³/mol. The van der Waals surface area contributed by atoms with Crippen LogP contribution in [0.25, 0.3) is 0 Å². The van der Waals surface area contributed by atoms with E-state index in [0.29, 0.717) is 6.54 Å². The van der Waals surface area contributed by atoms with E-state index in [9.17, 15) is 13.2 Å². The summed E-state index contributed by atoms with van der Waals surface area (Å²) in [5, 5.41) is 0. The van der Waals surface area contributed by atoms with Crippen LogP contribution in [0.3, 0.4) is 0 Å². The zero-order valence-corrected chi connectivity index (χ0v) is 4.87. The van der Waals surface area contributed by atoms with Crippen molar-refractivity contribution in [2.75, 3.05) is 13.6 Å². The first-order valence-corrected chi connectivity index (χ1v) is 2.50. The second-order valence-corrected chi connectivity index (χ2v) is 1.97. The molecule has 0 aromatic heterocycles. The van der Waals surface area contributed by atoms with E-state index in [4.69, 9.17) is 0 Å². The Morgan fingerprint density at radius 2 is 2.11 bits per heavy atom. The maximum absolute atomic E-state index is 11.6. The van der Waals surface area contributed by atoms with E-state index in [-0.39, 0.29) is 0 Å². The number of alkyl halides is 3. The molecule has 0 fully saturated rings. The van der Waals surface area contributed by atoms with Gasteiger partial charge < -0.3 is 4.90 Å². The zero-order valence-electron chi connectivity index (χ0n) is 4.87. The Balaban J connectivity index is 2.65. The Kier molecular flexibility index (Phi) is 1.18. The molecule has 0 unspecified atom stereocenters. The van der Waals surface area contributed by atoms with Gasteiger partial charge in [0.1, 0.15) is 5.70 Å². The summed E-state index contributed by atoms with van der Waals surface area (Å²) in [6, 6.07) is 0. The maximum Gasteiger partial charge on any atom is 0.430 e. The van der Waals surface area contributed by atoms with Crippen molar-refractivity contribution in [3.63, 3.8) is 0 Å². The lowest BCUT2D eigenvalue weighted by atomic mass is 10.2. The number of nitrogens with zero attached hydrogens (tertiary/aromatic N) is 1. The maximum atomic E-state index is 11.6. The molecule has 1 aliphatic rings. The van der Waals surface area contributed by atoms with Gasteiger partial charge in [0.15, 0.2) is 0 Å². The standard InChI is InChI=1S/C5H6F3N/c1-9-3-2-4(9)5(6,7)8/h2H,3H2,1H3. The Hall–Kier alpha value is -0.670. The smallest absolute Gasteiger partial charge is 0.367 e. The van der Waals surface area contributed by atoms with E-state index < -0.39 is 11.9 Å². The highest BCUT2D eigenvalue weighted by atomic mass is 19.4. The average Bonchev–Trinajstić information content (AvgIpc) is 1.57. The minimum atomic E-state index is -4.15. The van der Waals surface area contributed by atoms with Crippen molar-refractivity contribution in [1.29, 1.82) is 0 Å². The van der Waals surface area contributed by atoms with Gasteiger partial charge in [-0.3, -0.25) is 0 Å². The number of hydrogen-bond donors (Lipinski definition) is 0. The van der Waals surface area contributed by atoms with Gasteiger partial charge in [0.05, 0.1) is 0 Å². The molecule has 0 aliphatic carbocycles. The van der Waals surface area contributed by atoms with Gasteiger partial charge in [-0.05, 0) is 6.08 Å². The van der Waals surface area contributed by atoms with Crippen molar-refractivity contribution in [3.8, 4) is 0 Å². The van der Waals surface area contributed by atoms with Gasteiger partial charge in [0.25, 0.3) is 0 Å². The quantitative estimate of drug-likeness (QED) is 0.487. The molecule has 52 valence electrons. The van der Waals surface area contributed by atoms with Crippen LogP contribution in [0.4, 0.5) is 13.2 Å². The van der Waals surface area contributed by atoms with Crippen molar-refractivity contribution in [2.24, 2.45) is 0 Å². The average molecular weight is 137 g/mol. The summed E-state index contributed by atoms with van der Waals surface area (Å²) in [6.45, 7) is 0.412. The van der Waals surface area contributed by atoms with Crippen LogP contribution in [0.5, 0.6) is 0 Å². The van der Waals surface area contributed by atoms with Crippen LogP contribution in [-0.4, -0.2) is 24.7 Å². The molecule has 0 amide bonds. The molecule has 0 spiro atoms. The minimum absolute atomic E-state index is 0.412. The summed E-state index contributed by atoms with van der Waals surface area (Å²) in [4.78, 5) is 1.17. The fraction of sp³-hybridized carbons (Fsp3) is 0.600. The molecule has 0 saturated carbocycles. The van der Waals surface area contributed by atoms with Crippen molar-refractivity contribution < 1.29 is 13.2 Å². The number of halogens is 3. The summed E-state index contributed by atoms with van der Waals surface area (Å²) >= 11 is 0. The van der Waals surface area contributed by atoms with E-state index in [0.717, 1.165) is 0 Å². The molecular weight excluding hydrogens is 131 g/mol. The lowest BCUT2D eigenvalue weighted by molar-refractivity contribution is -0.114.